The number of methoxy groups -OCH3 is 3. The summed E-state index contributed by atoms with van der Waals surface area (Å²) in [5.74, 6) is 1.33. The van der Waals surface area contributed by atoms with Gasteiger partial charge in [0.15, 0.2) is 11.5 Å². The Morgan fingerprint density at radius 1 is 0.956 bits per heavy atom. The van der Waals surface area contributed by atoms with Gasteiger partial charge in [0.1, 0.15) is 0 Å². The van der Waals surface area contributed by atoms with Crippen molar-refractivity contribution in [1.82, 2.24) is 14.5 Å². The highest BCUT2D eigenvalue weighted by atomic mass is 32.2. The van der Waals surface area contributed by atoms with Crippen LogP contribution in [-0.2, 0) is 26.0 Å². The lowest BCUT2D eigenvalue weighted by atomic mass is 9.95. The molecule has 4 rings (SSSR count). The number of carbonyl (C=O) groups excluding carboxylic acids is 2. The molecular formula is C32H44N4O8S. The molecule has 1 atom stereocenters. The van der Waals surface area contributed by atoms with E-state index in [2.05, 4.69) is 10.6 Å². The highest BCUT2D eigenvalue weighted by molar-refractivity contribution is 7.88. The summed E-state index contributed by atoms with van der Waals surface area (Å²) in [4.78, 5) is 39.9. The maximum Gasteiger partial charge on any atom is 0.222 e. The molecule has 2 aromatic carbocycles. The van der Waals surface area contributed by atoms with Gasteiger partial charge in [0.05, 0.1) is 39.3 Å². The lowest BCUT2D eigenvalue weighted by molar-refractivity contribution is -0.132. The summed E-state index contributed by atoms with van der Waals surface area (Å²) in [6.45, 7) is 3.49. The van der Waals surface area contributed by atoms with Crippen molar-refractivity contribution in [2.24, 2.45) is 0 Å². The van der Waals surface area contributed by atoms with E-state index in [-0.39, 0.29) is 23.3 Å². The van der Waals surface area contributed by atoms with Gasteiger partial charge >= 0.3 is 0 Å². The number of benzene rings is 1. The van der Waals surface area contributed by atoms with Crippen LogP contribution in [0.5, 0.6) is 17.2 Å². The second-order valence-electron chi connectivity index (χ2n) is 11.4. The summed E-state index contributed by atoms with van der Waals surface area (Å²) in [5, 5.41) is 6.27. The van der Waals surface area contributed by atoms with Crippen LogP contribution in [-0.4, -0.2) is 89.7 Å². The molecule has 2 amide bonds. The SMILES string of the molecule is COc1cc2c(c(OC)c1OC)-c1ccc(NCCCCCC(=O)N3CCN(S(C)(=O)=O)CC3)c(=O)cc1[C@@H](NC(C)=O)CC2. The first kappa shape index (κ1) is 34.0. The van der Waals surface area contributed by atoms with E-state index in [1.54, 1.807) is 38.4 Å². The zero-order valence-electron chi connectivity index (χ0n) is 26.7. The van der Waals surface area contributed by atoms with Gasteiger partial charge in [-0.3, -0.25) is 14.4 Å². The number of nitrogens with one attached hydrogen (secondary N) is 2. The molecule has 0 bridgehead atoms. The standard InChI is InChI=1S/C32H44N4O8S/c1-21(37)34-25-12-10-22-19-28(42-2)31(43-3)32(44-4)30(22)23-11-13-26(27(38)20-24(23)25)33-14-8-6-7-9-29(39)35-15-17-36(18-16-35)45(5,40)41/h11,13,19-20,25H,6-10,12,14-18H2,1-5H3,(H,33,38)(H,34,37)/t25-/m0/s1. The van der Waals surface area contributed by atoms with Crippen LogP contribution in [0.3, 0.4) is 0 Å². The molecule has 0 saturated carbocycles. The molecule has 0 radical (unpaired) electrons. The lowest BCUT2D eigenvalue weighted by Crippen LogP contribution is -2.50. The van der Waals surface area contributed by atoms with E-state index in [4.69, 9.17) is 14.2 Å². The first-order valence-electron chi connectivity index (χ1n) is 15.2. The smallest absolute Gasteiger partial charge is 0.222 e. The number of nitrogens with zero attached hydrogens (tertiary/aromatic N) is 2. The van der Waals surface area contributed by atoms with Gasteiger partial charge in [0, 0.05) is 51.6 Å². The van der Waals surface area contributed by atoms with Crippen LogP contribution >= 0.6 is 0 Å². The van der Waals surface area contributed by atoms with Gasteiger partial charge in [0.25, 0.3) is 0 Å². The van der Waals surface area contributed by atoms with Gasteiger partial charge in [-0.25, -0.2) is 8.42 Å². The van der Waals surface area contributed by atoms with Gasteiger partial charge in [-0.2, -0.15) is 4.31 Å². The second-order valence-corrected chi connectivity index (χ2v) is 13.4. The predicted octanol–water partition coefficient (Wildman–Crippen LogP) is 2.94. The van der Waals surface area contributed by atoms with Gasteiger partial charge in [-0.05, 0) is 60.6 Å². The van der Waals surface area contributed by atoms with Gasteiger partial charge in [-0.15, -0.1) is 0 Å². The zero-order valence-corrected chi connectivity index (χ0v) is 27.6. The monoisotopic (exact) mass is 644 g/mol. The molecule has 1 saturated heterocycles. The highest BCUT2D eigenvalue weighted by Crippen LogP contribution is 2.50. The molecular weight excluding hydrogens is 600 g/mol. The third-order valence-corrected chi connectivity index (χ3v) is 9.66. The Balaban J connectivity index is 1.46. The van der Waals surface area contributed by atoms with Crippen molar-refractivity contribution < 1.29 is 32.2 Å². The topological polar surface area (TPSA) is 144 Å². The maximum absolute atomic E-state index is 13.5. The van der Waals surface area contributed by atoms with Crippen molar-refractivity contribution in [3.8, 4) is 28.4 Å². The van der Waals surface area contributed by atoms with Crippen LogP contribution < -0.4 is 30.3 Å². The molecule has 0 aromatic heterocycles. The van der Waals surface area contributed by atoms with Crippen LogP contribution in [0.4, 0.5) is 5.69 Å². The average molecular weight is 645 g/mol. The molecule has 45 heavy (non-hydrogen) atoms. The number of unbranched alkanes of at least 4 members (excludes halogenated alkanes) is 2. The third kappa shape index (κ3) is 8.06. The van der Waals surface area contributed by atoms with Crippen LogP contribution in [0.15, 0.2) is 29.1 Å². The van der Waals surface area contributed by atoms with E-state index < -0.39 is 10.0 Å². The van der Waals surface area contributed by atoms with Gasteiger partial charge in [0.2, 0.25) is 33.0 Å². The predicted molar refractivity (Wildman–Crippen MR) is 173 cm³/mol. The van der Waals surface area contributed by atoms with Crippen molar-refractivity contribution in [2.75, 3.05) is 65.6 Å². The number of hydrogen-bond acceptors (Lipinski definition) is 9. The molecule has 1 aliphatic heterocycles. The normalized spacial score (nSPS) is 16.6. The Morgan fingerprint density at radius 3 is 2.29 bits per heavy atom. The summed E-state index contributed by atoms with van der Waals surface area (Å²) in [6, 6.07) is 6.77. The van der Waals surface area contributed by atoms with Crippen molar-refractivity contribution in [3.05, 3.63) is 45.6 Å². The minimum Gasteiger partial charge on any atom is -0.493 e. The van der Waals surface area contributed by atoms with E-state index in [1.807, 2.05) is 12.1 Å². The molecule has 0 spiro atoms. The Morgan fingerprint density at radius 2 is 1.67 bits per heavy atom. The summed E-state index contributed by atoms with van der Waals surface area (Å²) < 4.78 is 41.9. The lowest BCUT2D eigenvalue weighted by Gasteiger charge is -2.33. The first-order valence-corrected chi connectivity index (χ1v) is 17.1. The molecule has 2 aliphatic rings. The summed E-state index contributed by atoms with van der Waals surface area (Å²) >= 11 is 0. The van der Waals surface area contributed by atoms with Crippen LogP contribution in [0, 0.1) is 0 Å². The quantitative estimate of drug-likeness (QED) is 0.334. The van der Waals surface area contributed by atoms with E-state index in [0.717, 1.165) is 29.5 Å². The molecule has 1 aliphatic carbocycles. The van der Waals surface area contributed by atoms with Crippen molar-refractivity contribution >= 4 is 27.5 Å². The van der Waals surface area contributed by atoms with Gasteiger partial charge in [-0.1, -0.05) is 12.5 Å². The Bertz CT molecular complexity index is 1570. The number of anilines is 1. The third-order valence-electron chi connectivity index (χ3n) is 8.36. The Hall–Kier alpha value is -3.84. The summed E-state index contributed by atoms with van der Waals surface area (Å²) in [7, 11) is 1.44. The molecule has 13 heteroatoms. The molecule has 0 unspecified atom stereocenters. The first-order chi connectivity index (χ1) is 21.5. The fourth-order valence-corrected chi connectivity index (χ4v) is 6.91. The number of aryl methyl sites for hydroxylation is 1. The fraction of sp³-hybridized carbons (Fsp3) is 0.531. The van der Waals surface area contributed by atoms with E-state index in [0.29, 0.717) is 86.9 Å². The van der Waals surface area contributed by atoms with Crippen LogP contribution in [0.25, 0.3) is 11.1 Å². The van der Waals surface area contributed by atoms with Gasteiger partial charge < -0.3 is 29.7 Å². The van der Waals surface area contributed by atoms with E-state index >= 15 is 0 Å². The Labute approximate surface area is 265 Å². The van der Waals surface area contributed by atoms with Crippen molar-refractivity contribution in [2.45, 2.75) is 51.5 Å². The molecule has 246 valence electrons. The number of ether oxygens (including phenoxy) is 3. The minimum atomic E-state index is -3.23. The number of rotatable bonds is 12. The van der Waals surface area contributed by atoms with Crippen LogP contribution in [0.2, 0.25) is 0 Å². The highest BCUT2D eigenvalue weighted by Gasteiger charge is 2.30. The molecule has 2 aromatic rings. The Kier molecular flexibility index (Phi) is 11.3. The number of carbonyl (C=O) groups is 2. The van der Waals surface area contributed by atoms with Crippen molar-refractivity contribution in [1.29, 1.82) is 0 Å². The fourth-order valence-electron chi connectivity index (χ4n) is 6.08. The molecule has 2 N–H and O–H groups in total. The van der Waals surface area contributed by atoms with E-state index in [1.165, 1.54) is 17.5 Å². The maximum atomic E-state index is 13.5. The molecule has 1 fully saturated rings. The molecule has 1 heterocycles. The van der Waals surface area contributed by atoms with E-state index in [9.17, 15) is 22.8 Å². The average Bonchev–Trinajstić information content (AvgIpc) is 3.25. The number of hydrogen-bond donors (Lipinski definition) is 2. The zero-order chi connectivity index (χ0) is 32.7. The van der Waals surface area contributed by atoms with Crippen LogP contribution in [0.1, 0.15) is 56.2 Å². The van der Waals surface area contributed by atoms with Crippen molar-refractivity contribution in [3.63, 3.8) is 0 Å². The number of sulfonamides is 1. The number of amides is 2. The largest absolute Gasteiger partial charge is 0.493 e. The number of piperazine rings is 1. The minimum absolute atomic E-state index is 0.0354. The summed E-state index contributed by atoms with van der Waals surface area (Å²) in [5.41, 5.74) is 3.45. The summed E-state index contributed by atoms with van der Waals surface area (Å²) in [6.07, 6.45) is 5.04. The molecule has 12 nitrogen and oxygen atoms in total. The number of fused-ring (bicyclic) bond motifs is 3. The second kappa shape index (κ2) is 15.0.